The molecule has 0 aliphatic heterocycles. The third-order valence-electron chi connectivity index (χ3n) is 2.57. The van der Waals surface area contributed by atoms with Crippen molar-refractivity contribution in [2.75, 3.05) is 11.9 Å². The Kier molecular flexibility index (Phi) is 4.13. The van der Waals surface area contributed by atoms with Gasteiger partial charge in [0.2, 0.25) is 0 Å². The average molecular weight is 270 g/mol. The lowest BCUT2D eigenvalue weighted by molar-refractivity contribution is 0.102. The number of hydrogen-bond donors (Lipinski definition) is 2. The summed E-state index contributed by atoms with van der Waals surface area (Å²) < 4.78 is 4.85. The summed E-state index contributed by atoms with van der Waals surface area (Å²) in [5.74, 6) is 5.78. The van der Waals surface area contributed by atoms with Gasteiger partial charge in [-0.1, -0.05) is 23.1 Å². The second-order valence-corrected chi connectivity index (χ2v) is 4.14. The molecule has 1 aromatic heterocycles. The zero-order chi connectivity index (χ0) is 14.5. The summed E-state index contributed by atoms with van der Waals surface area (Å²) in [6, 6.07) is 5.45. The Hall–Kier alpha value is -2.65. The first kappa shape index (κ1) is 13.8. The number of aromatic nitrogens is 2. The van der Waals surface area contributed by atoms with E-state index in [2.05, 4.69) is 27.3 Å². The van der Waals surface area contributed by atoms with Crippen molar-refractivity contribution >= 4 is 11.9 Å². The van der Waals surface area contributed by atoms with Crippen molar-refractivity contribution in [3.8, 4) is 11.8 Å². The normalized spacial score (nSPS) is 9.75. The number of hydrogen-bond acceptors (Lipinski definition) is 5. The number of nitrogens with two attached hydrogens (primary N) is 1. The number of nitrogens with one attached hydrogen (secondary N) is 1. The van der Waals surface area contributed by atoms with Crippen molar-refractivity contribution in [1.29, 1.82) is 0 Å². The maximum absolute atomic E-state index is 12.2. The van der Waals surface area contributed by atoms with Crippen molar-refractivity contribution in [2.24, 2.45) is 5.73 Å². The van der Waals surface area contributed by atoms with Crippen LogP contribution in [0.1, 0.15) is 27.3 Å². The highest BCUT2D eigenvalue weighted by Crippen LogP contribution is 2.13. The van der Waals surface area contributed by atoms with E-state index in [-0.39, 0.29) is 18.5 Å². The van der Waals surface area contributed by atoms with Gasteiger partial charge in [0.1, 0.15) is 0 Å². The van der Waals surface area contributed by atoms with Gasteiger partial charge in [-0.2, -0.15) is 4.98 Å². The average Bonchev–Trinajstić information content (AvgIpc) is 2.83. The molecule has 0 aliphatic carbocycles. The SMILES string of the molecule is Cc1noc(NC(=O)c2cc(C#CCN)ccc2C)n1. The zero-order valence-electron chi connectivity index (χ0n) is 11.2. The first-order valence-electron chi connectivity index (χ1n) is 6.01. The van der Waals surface area contributed by atoms with Gasteiger partial charge in [-0.15, -0.1) is 0 Å². The molecule has 6 heteroatoms. The minimum atomic E-state index is -0.317. The Morgan fingerprint density at radius 1 is 1.45 bits per heavy atom. The number of aryl methyl sites for hydroxylation is 2. The number of anilines is 1. The topological polar surface area (TPSA) is 94.0 Å². The van der Waals surface area contributed by atoms with Gasteiger partial charge in [-0.05, 0) is 31.5 Å². The molecule has 1 amide bonds. The molecule has 0 unspecified atom stereocenters. The molecule has 1 aromatic carbocycles. The first-order valence-corrected chi connectivity index (χ1v) is 6.01. The van der Waals surface area contributed by atoms with E-state index in [1.807, 2.05) is 19.1 Å². The molecule has 0 aliphatic rings. The maximum Gasteiger partial charge on any atom is 0.328 e. The Balaban J connectivity index is 2.24. The summed E-state index contributed by atoms with van der Waals surface area (Å²) in [6.45, 7) is 3.79. The van der Waals surface area contributed by atoms with Crippen molar-refractivity contribution in [3.63, 3.8) is 0 Å². The maximum atomic E-state index is 12.2. The molecular weight excluding hydrogens is 256 g/mol. The Morgan fingerprint density at radius 2 is 2.25 bits per heavy atom. The lowest BCUT2D eigenvalue weighted by Gasteiger charge is -2.05. The fourth-order valence-corrected chi connectivity index (χ4v) is 1.61. The van der Waals surface area contributed by atoms with Gasteiger partial charge in [0.25, 0.3) is 5.91 Å². The van der Waals surface area contributed by atoms with Crippen LogP contribution in [-0.2, 0) is 0 Å². The number of carbonyl (C=O) groups is 1. The zero-order valence-corrected chi connectivity index (χ0v) is 11.2. The highest BCUT2D eigenvalue weighted by molar-refractivity contribution is 6.04. The van der Waals surface area contributed by atoms with Gasteiger partial charge in [-0.25, -0.2) is 0 Å². The predicted molar refractivity (Wildman–Crippen MR) is 74.1 cm³/mol. The lowest BCUT2D eigenvalue weighted by Crippen LogP contribution is -2.14. The van der Waals surface area contributed by atoms with Crippen LogP contribution in [0.15, 0.2) is 22.7 Å². The molecule has 0 spiro atoms. The molecule has 2 rings (SSSR count). The van der Waals surface area contributed by atoms with Crippen LogP contribution in [0.4, 0.5) is 6.01 Å². The second-order valence-electron chi connectivity index (χ2n) is 4.14. The quantitative estimate of drug-likeness (QED) is 0.801. The number of nitrogens with zero attached hydrogens (tertiary/aromatic N) is 2. The molecule has 3 N–H and O–H groups in total. The Morgan fingerprint density at radius 3 is 2.90 bits per heavy atom. The molecule has 0 saturated carbocycles. The van der Waals surface area contributed by atoms with Gasteiger partial charge in [-0.3, -0.25) is 10.1 Å². The molecular formula is C14H14N4O2. The molecule has 0 saturated heterocycles. The Bertz CT molecular complexity index is 695. The van der Waals surface area contributed by atoms with E-state index in [0.717, 1.165) is 11.1 Å². The lowest BCUT2D eigenvalue weighted by atomic mass is 10.0. The minimum Gasteiger partial charge on any atom is -0.320 e. The molecule has 20 heavy (non-hydrogen) atoms. The van der Waals surface area contributed by atoms with Gasteiger partial charge in [0.05, 0.1) is 6.54 Å². The second kappa shape index (κ2) is 5.99. The molecule has 0 bridgehead atoms. The van der Waals surface area contributed by atoms with E-state index < -0.39 is 0 Å². The highest BCUT2D eigenvalue weighted by atomic mass is 16.5. The number of benzene rings is 1. The number of amides is 1. The van der Waals surface area contributed by atoms with Gasteiger partial charge in [0.15, 0.2) is 5.82 Å². The van der Waals surface area contributed by atoms with E-state index >= 15 is 0 Å². The van der Waals surface area contributed by atoms with Gasteiger partial charge < -0.3 is 10.3 Å². The van der Waals surface area contributed by atoms with E-state index in [4.69, 9.17) is 10.3 Å². The highest BCUT2D eigenvalue weighted by Gasteiger charge is 2.13. The third kappa shape index (κ3) is 3.22. The smallest absolute Gasteiger partial charge is 0.320 e. The van der Waals surface area contributed by atoms with Crippen LogP contribution in [0.5, 0.6) is 0 Å². The number of carbonyl (C=O) groups excluding carboxylic acids is 1. The van der Waals surface area contributed by atoms with Crippen LogP contribution >= 0.6 is 0 Å². The monoisotopic (exact) mass is 270 g/mol. The summed E-state index contributed by atoms with van der Waals surface area (Å²) in [5, 5.41) is 6.16. The number of rotatable bonds is 2. The first-order chi connectivity index (χ1) is 9.60. The largest absolute Gasteiger partial charge is 0.328 e. The van der Waals surface area contributed by atoms with Crippen LogP contribution in [0.3, 0.4) is 0 Å². The van der Waals surface area contributed by atoms with Crippen LogP contribution < -0.4 is 11.1 Å². The summed E-state index contributed by atoms with van der Waals surface area (Å²) in [4.78, 5) is 16.1. The van der Waals surface area contributed by atoms with Crippen LogP contribution in [0.2, 0.25) is 0 Å². The third-order valence-corrected chi connectivity index (χ3v) is 2.57. The summed E-state index contributed by atoms with van der Waals surface area (Å²) in [7, 11) is 0. The van der Waals surface area contributed by atoms with Crippen molar-refractivity contribution in [3.05, 3.63) is 40.7 Å². The van der Waals surface area contributed by atoms with Crippen molar-refractivity contribution in [2.45, 2.75) is 13.8 Å². The van der Waals surface area contributed by atoms with E-state index in [9.17, 15) is 4.79 Å². The predicted octanol–water partition coefficient (Wildman–Crippen LogP) is 1.25. The molecule has 6 nitrogen and oxygen atoms in total. The van der Waals surface area contributed by atoms with Crippen molar-refractivity contribution < 1.29 is 9.32 Å². The minimum absolute atomic E-state index is 0.0744. The molecule has 0 fully saturated rings. The fraction of sp³-hybridized carbons (Fsp3) is 0.214. The molecule has 102 valence electrons. The van der Waals surface area contributed by atoms with Gasteiger partial charge >= 0.3 is 6.01 Å². The van der Waals surface area contributed by atoms with E-state index in [0.29, 0.717) is 11.4 Å². The van der Waals surface area contributed by atoms with E-state index in [1.165, 1.54) is 0 Å². The molecule has 2 aromatic rings. The standard InChI is InChI=1S/C14H14N4O2/c1-9-5-6-11(4-3-7-15)8-12(9)13(19)17-14-16-10(2)18-20-14/h5-6,8H,7,15H2,1-2H3,(H,16,17,18,19). The van der Waals surface area contributed by atoms with Crippen LogP contribution in [0.25, 0.3) is 0 Å². The van der Waals surface area contributed by atoms with Gasteiger partial charge in [0, 0.05) is 11.1 Å². The molecule has 1 heterocycles. The summed E-state index contributed by atoms with van der Waals surface area (Å²) in [6.07, 6.45) is 0. The van der Waals surface area contributed by atoms with Crippen LogP contribution in [0, 0.1) is 25.7 Å². The summed E-state index contributed by atoms with van der Waals surface area (Å²) in [5.41, 5.74) is 7.39. The summed E-state index contributed by atoms with van der Waals surface area (Å²) >= 11 is 0. The molecule has 0 radical (unpaired) electrons. The van der Waals surface area contributed by atoms with E-state index in [1.54, 1.807) is 13.0 Å². The van der Waals surface area contributed by atoms with Crippen molar-refractivity contribution in [1.82, 2.24) is 10.1 Å². The Labute approximate surface area is 116 Å². The molecule has 0 atom stereocenters. The van der Waals surface area contributed by atoms with Crippen LogP contribution in [-0.4, -0.2) is 22.6 Å². The fourth-order valence-electron chi connectivity index (χ4n) is 1.61.